The number of carbonyl (C=O) groups excluding carboxylic acids is 1. The van der Waals surface area contributed by atoms with Crippen molar-refractivity contribution >= 4 is 6.09 Å². The third kappa shape index (κ3) is 5.66. The van der Waals surface area contributed by atoms with Crippen LogP contribution in [0.4, 0.5) is 4.79 Å². The fourth-order valence-electron chi connectivity index (χ4n) is 0.777. The molecule has 0 aromatic heterocycles. The summed E-state index contributed by atoms with van der Waals surface area (Å²) in [4.78, 5) is 10.6. The van der Waals surface area contributed by atoms with Crippen LogP contribution < -0.4 is 11.1 Å². The Balaban J connectivity index is 3.51. The van der Waals surface area contributed by atoms with E-state index in [9.17, 15) is 4.79 Å². The van der Waals surface area contributed by atoms with Crippen LogP contribution in [-0.2, 0) is 4.74 Å². The zero-order valence-electron chi connectivity index (χ0n) is 7.26. The summed E-state index contributed by atoms with van der Waals surface area (Å²) in [5, 5.41) is 2.48. The quantitative estimate of drug-likeness (QED) is 0.596. The number of ether oxygens (including phenoxy) is 1. The van der Waals surface area contributed by atoms with Gasteiger partial charge in [0.15, 0.2) is 0 Å². The van der Waals surface area contributed by atoms with Gasteiger partial charge in [-0.05, 0) is 12.3 Å². The van der Waals surface area contributed by atoms with Gasteiger partial charge >= 0.3 is 6.09 Å². The Bertz CT molecular complexity index is 126. The maximum atomic E-state index is 10.6. The molecule has 0 rings (SSSR count). The van der Waals surface area contributed by atoms with E-state index < -0.39 is 6.09 Å². The molecular formula is C7H16N2O2. The van der Waals surface area contributed by atoms with Crippen LogP contribution in [0.15, 0.2) is 0 Å². The minimum absolute atomic E-state index is 0.303. The largest absolute Gasteiger partial charge is 0.453 e. The highest BCUT2D eigenvalue weighted by atomic mass is 16.5. The number of amides is 1. The Morgan fingerprint density at radius 2 is 2.18 bits per heavy atom. The molecule has 0 saturated carbocycles. The van der Waals surface area contributed by atoms with Crippen molar-refractivity contribution in [1.82, 2.24) is 5.32 Å². The van der Waals surface area contributed by atoms with E-state index in [1.807, 2.05) is 13.8 Å². The molecule has 0 aliphatic heterocycles. The van der Waals surface area contributed by atoms with Crippen LogP contribution in [0.5, 0.6) is 0 Å². The number of alkyl carbamates (subject to hydrolysis) is 1. The second kappa shape index (κ2) is 4.96. The fourth-order valence-corrected chi connectivity index (χ4v) is 0.777. The fraction of sp³-hybridized carbons (Fsp3) is 0.857. The van der Waals surface area contributed by atoms with Crippen LogP contribution in [-0.4, -0.2) is 19.4 Å². The Morgan fingerprint density at radius 3 is 2.55 bits per heavy atom. The molecule has 1 unspecified atom stereocenters. The lowest BCUT2D eigenvalue weighted by Gasteiger charge is -2.14. The number of rotatable bonds is 3. The molecular weight excluding hydrogens is 144 g/mol. The van der Waals surface area contributed by atoms with Gasteiger partial charge in [0.2, 0.25) is 0 Å². The van der Waals surface area contributed by atoms with E-state index in [1.54, 1.807) is 0 Å². The summed E-state index contributed by atoms with van der Waals surface area (Å²) < 4.78 is 4.37. The lowest BCUT2D eigenvalue weighted by molar-refractivity contribution is 0.165. The molecule has 0 saturated heterocycles. The van der Waals surface area contributed by atoms with Crippen molar-refractivity contribution in [2.24, 2.45) is 11.7 Å². The molecule has 0 fully saturated rings. The Kier molecular flexibility index (Phi) is 4.61. The average Bonchev–Trinajstić information content (AvgIpc) is 1.85. The van der Waals surface area contributed by atoms with Gasteiger partial charge in [-0.2, -0.15) is 0 Å². The van der Waals surface area contributed by atoms with Gasteiger partial charge in [-0.3, -0.25) is 0 Å². The zero-order valence-corrected chi connectivity index (χ0v) is 7.26. The van der Waals surface area contributed by atoms with Gasteiger partial charge < -0.3 is 15.8 Å². The molecule has 0 spiro atoms. The summed E-state index contributed by atoms with van der Waals surface area (Å²) in [6.45, 7) is 4.08. The summed E-state index contributed by atoms with van der Waals surface area (Å²) in [5.74, 6) is 0.474. The maximum absolute atomic E-state index is 10.6. The first-order chi connectivity index (χ1) is 5.06. The predicted molar refractivity (Wildman–Crippen MR) is 43.0 cm³/mol. The smallest absolute Gasteiger partial charge is 0.408 e. The van der Waals surface area contributed by atoms with E-state index in [0.717, 1.165) is 6.42 Å². The highest BCUT2D eigenvalue weighted by molar-refractivity contribution is 5.67. The van der Waals surface area contributed by atoms with E-state index >= 15 is 0 Å². The van der Waals surface area contributed by atoms with Gasteiger partial charge in [0.1, 0.15) is 0 Å². The Morgan fingerprint density at radius 1 is 1.64 bits per heavy atom. The van der Waals surface area contributed by atoms with E-state index in [4.69, 9.17) is 5.73 Å². The summed E-state index contributed by atoms with van der Waals surface area (Å²) in [6, 6.07) is 0. The van der Waals surface area contributed by atoms with Crippen molar-refractivity contribution in [3.63, 3.8) is 0 Å². The van der Waals surface area contributed by atoms with Crippen molar-refractivity contribution in [1.29, 1.82) is 0 Å². The molecule has 11 heavy (non-hydrogen) atoms. The lowest BCUT2D eigenvalue weighted by Crippen LogP contribution is -2.42. The molecule has 0 bridgehead atoms. The second-order valence-electron chi connectivity index (χ2n) is 2.87. The first-order valence-electron chi connectivity index (χ1n) is 3.66. The molecule has 0 aliphatic rings. The lowest BCUT2D eigenvalue weighted by atomic mass is 10.1. The van der Waals surface area contributed by atoms with Gasteiger partial charge in [-0.15, -0.1) is 0 Å². The first kappa shape index (κ1) is 10.2. The van der Waals surface area contributed by atoms with Crippen LogP contribution >= 0.6 is 0 Å². The van der Waals surface area contributed by atoms with Gasteiger partial charge in [-0.1, -0.05) is 13.8 Å². The Hall–Kier alpha value is -0.770. The van der Waals surface area contributed by atoms with Gasteiger partial charge in [0, 0.05) is 0 Å². The minimum Gasteiger partial charge on any atom is -0.453 e. The molecule has 4 nitrogen and oxygen atoms in total. The van der Waals surface area contributed by atoms with Crippen LogP contribution in [0.1, 0.15) is 20.3 Å². The molecule has 0 aromatic carbocycles. The van der Waals surface area contributed by atoms with E-state index in [-0.39, 0.29) is 6.17 Å². The third-order valence-corrected chi connectivity index (χ3v) is 1.21. The van der Waals surface area contributed by atoms with E-state index in [0.29, 0.717) is 5.92 Å². The number of nitrogens with one attached hydrogen (secondary N) is 1. The van der Waals surface area contributed by atoms with Gasteiger partial charge in [-0.25, -0.2) is 4.79 Å². The van der Waals surface area contributed by atoms with Crippen molar-refractivity contribution < 1.29 is 9.53 Å². The van der Waals surface area contributed by atoms with Gasteiger partial charge in [0.05, 0.1) is 13.3 Å². The van der Waals surface area contributed by atoms with E-state index in [2.05, 4.69) is 10.1 Å². The molecule has 1 atom stereocenters. The molecule has 4 heteroatoms. The van der Waals surface area contributed by atoms with Crippen molar-refractivity contribution in [2.45, 2.75) is 26.4 Å². The normalized spacial score (nSPS) is 12.8. The van der Waals surface area contributed by atoms with E-state index in [1.165, 1.54) is 7.11 Å². The predicted octanol–water partition coefficient (Wildman–Crippen LogP) is 0.673. The molecule has 0 radical (unpaired) electrons. The van der Waals surface area contributed by atoms with Crippen LogP contribution in [0, 0.1) is 5.92 Å². The third-order valence-electron chi connectivity index (χ3n) is 1.21. The topological polar surface area (TPSA) is 64.3 Å². The standard InChI is InChI=1S/C7H16N2O2/c1-5(2)4-6(8)9-7(10)11-3/h5-6H,4,8H2,1-3H3,(H,9,10). The number of hydrogen-bond acceptors (Lipinski definition) is 3. The van der Waals surface area contributed by atoms with Crippen LogP contribution in [0.2, 0.25) is 0 Å². The highest BCUT2D eigenvalue weighted by Crippen LogP contribution is 1.99. The molecule has 3 N–H and O–H groups in total. The first-order valence-corrected chi connectivity index (χ1v) is 3.66. The molecule has 0 heterocycles. The van der Waals surface area contributed by atoms with Crippen molar-refractivity contribution in [3.8, 4) is 0 Å². The van der Waals surface area contributed by atoms with Crippen molar-refractivity contribution in [3.05, 3.63) is 0 Å². The highest BCUT2D eigenvalue weighted by Gasteiger charge is 2.07. The summed E-state index contributed by atoms with van der Waals surface area (Å²) in [5.41, 5.74) is 5.54. The molecule has 66 valence electrons. The summed E-state index contributed by atoms with van der Waals surface area (Å²) >= 11 is 0. The van der Waals surface area contributed by atoms with Crippen molar-refractivity contribution in [2.75, 3.05) is 7.11 Å². The SMILES string of the molecule is COC(=O)NC(N)CC(C)C. The van der Waals surface area contributed by atoms with Gasteiger partial charge in [0.25, 0.3) is 0 Å². The number of methoxy groups -OCH3 is 1. The average molecular weight is 160 g/mol. The molecule has 0 aromatic rings. The van der Waals surface area contributed by atoms with Crippen LogP contribution in [0.25, 0.3) is 0 Å². The number of nitrogens with two attached hydrogens (primary N) is 1. The number of hydrogen-bond donors (Lipinski definition) is 2. The minimum atomic E-state index is -0.474. The molecule has 1 amide bonds. The second-order valence-corrected chi connectivity index (χ2v) is 2.87. The van der Waals surface area contributed by atoms with Crippen LogP contribution in [0.3, 0.4) is 0 Å². The zero-order chi connectivity index (χ0) is 8.85. The summed E-state index contributed by atoms with van der Waals surface area (Å²) in [7, 11) is 1.32. The Labute approximate surface area is 67.1 Å². The summed E-state index contributed by atoms with van der Waals surface area (Å²) in [6.07, 6.45) is -0.0182. The maximum Gasteiger partial charge on any atom is 0.408 e. The monoisotopic (exact) mass is 160 g/mol. The number of carbonyl (C=O) groups is 1. The molecule has 0 aliphatic carbocycles.